The molecule has 2 amide bonds. The number of aryl methyl sites for hydroxylation is 1. The van der Waals surface area contributed by atoms with Gasteiger partial charge in [0, 0.05) is 42.3 Å². The maximum Gasteiger partial charge on any atom is 0.446 e. The van der Waals surface area contributed by atoms with Crippen LogP contribution in [0, 0.1) is 0 Å². The van der Waals surface area contributed by atoms with E-state index >= 15 is 0 Å². The summed E-state index contributed by atoms with van der Waals surface area (Å²) in [5.74, 6) is 1.67. The second-order valence-electron chi connectivity index (χ2n) is 9.26. The lowest BCUT2D eigenvalue weighted by atomic mass is 9.91. The summed E-state index contributed by atoms with van der Waals surface area (Å²) in [7, 11) is 4.03. The third-order valence-corrected chi connectivity index (χ3v) is 7.07. The fourth-order valence-electron chi connectivity index (χ4n) is 4.67. The van der Waals surface area contributed by atoms with Crippen molar-refractivity contribution in [1.29, 1.82) is 0 Å². The molecule has 3 N–H and O–H groups in total. The van der Waals surface area contributed by atoms with E-state index in [1.54, 1.807) is 0 Å². The standard InChI is InChI=1S/C24H31F3N6OS/c1-33(2)21-19-5-3-4-6-20(19)31-22(32-21)28-15-7-9-16(10-8-15)29-23(34)30-17-11-13-18(14-12-17)35-24(25,26)27/h11-16H,3-10H2,1-2H3,(H,28,31,32)(H2,29,30,34). The lowest BCUT2D eigenvalue weighted by Crippen LogP contribution is -2.42. The largest absolute Gasteiger partial charge is 0.446 e. The number of fused-ring (bicyclic) bond motifs is 1. The number of hydrogen-bond donors (Lipinski definition) is 3. The normalized spacial score (nSPS) is 20.0. The van der Waals surface area contributed by atoms with Crippen LogP contribution >= 0.6 is 11.8 Å². The Morgan fingerprint density at radius 3 is 2.31 bits per heavy atom. The Kier molecular flexibility index (Phi) is 7.93. The first kappa shape index (κ1) is 25.4. The second-order valence-corrected chi connectivity index (χ2v) is 10.4. The van der Waals surface area contributed by atoms with Crippen molar-refractivity contribution < 1.29 is 18.0 Å². The fraction of sp³-hybridized carbons (Fsp3) is 0.542. The summed E-state index contributed by atoms with van der Waals surface area (Å²) in [5.41, 5.74) is -1.47. The van der Waals surface area contributed by atoms with E-state index in [0.717, 1.165) is 56.5 Å². The molecule has 190 valence electrons. The zero-order chi connectivity index (χ0) is 25.0. The second kappa shape index (κ2) is 10.9. The molecule has 1 heterocycles. The molecule has 1 fully saturated rings. The molecule has 0 bridgehead atoms. The molecule has 0 radical (unpaired) electrons. The van der Waals surface area contributed by atoms with E-state index in [1.807, 2.05) is 14.1 Å². The van der Waals surface area contributed by atoms with Crippen molar-refractivity contribution in [3.63, 3.8) is 0 Å². The molecule has 1 saturated carbocycles. The predicted molar refractivity (Wildman–Crippen MR) is 133 cm³/mol. The summed E-state index contributed by atoms with van der Waals surface area (Å²) >= 11 is -0.179. The molecule has 0 aliphatic heterocycles. The van der Waals surface area contributed by atoms with Crippen LogP contribution in [0.5, 0.6) is 0 Å². The number of urea groups is 1. The van der Waals surface area contributed by atoms with E-state index < -0.39 is 5.51 Å². The monoisotopic (exact) mass is 508 g/mol. The minimum Gasteiger partial charge on any atom is -0.362 e. The Morgan fingerprint density at radius 1 is 1.00 bits per heavy atom. The van der Waals surface area contributed by atoms with Gasteiger partial charge in [-0.25, -0.2) is 9.78 Å². The summed E-state index contributed by atoms with van der Waals surface area (Å²) < 4.78 is 37.3. The van der Waals surface area contributed by atoms with Crippen LogP contribution in [0.4, 0.5) is 35.4 Å². The average molecular weight is 509 g/mol. The van der Waals surface area contributed by atoms with Crippen molar-refractivity contribution in [2.45, 2.75) is 73.9 Å². The number of nitrogens with one attached hydrogen (secondary N) is 3. The van der Waals surface area contributed by atoms with Crippen molar-refractivity contribution in [3.8, 4) is 0 Å². The van der Waals surface area contributed by atoms with E-state index in [0.29, 0.717) is 11.6 Å². The van der Waals surface area contributed by atoms with Gasteiger partial charge in [0.25, 0.3) is 0 Å². The van der Waals surface area contributed by atoms with Gasteiger partial charge >= 0.3 is 11.5 Å². The van der Waals surface area contributed by atoms with Crippen LogP contribution in [0.15, 0.2) is 29.2 Å². The van der Waals surface area contributed by atoms with Crippen LogP contribution in [0.2, 0.25) is 0 Å². The number of carbonyl (C=O) groups is 1. The molecule has 2 aliphatic rings. The Bertz CT molecular complexity index is 1020. The van der Waals surface area contributed by atoms with Crippen LogP contribution in [0.1, 0.15) is 49.8 Å². The number of halogens is 3. The number of anilines is 3. The van der Waals surface area contributed by atoms with Gasteiger partial charge < -0.3 is 20.9 Å². The van der Waals surface area contributed by atoms with Gasteiger partial charge in [0.2, 0.25) is 5.95 Å². The minimum atomic E-state index is -4.33. The molecule has 11 heteroatoms. The number of amides is 2. The van der Waals surface area contributed by atoms with Crippen LogP contribution in [-0.2, 0) is 12.8 Å². The highest BCUT2D eigenvalue weighted by Crippen LogP contribution is 2.37. The molecule has 4 rings (SSSR count). The van der Waals surface area contributed by atoms with Gasteiger partial charge in [-0.2, -0.15) is 18.2 Å². The lowest BCUT2D eigenvalue weighted by molar-refractivity contribution is -0.0328. The summed E-state index contributed by atoms with van der Waals surface area (Å²) in [6.45, 7) is 0. The highest BCUT2D eigenvalue weighted by atomic mass is 32.2. The number of hydrogen-bond acceptors (Lipinski definition) is 6. The van der Waals surface area contributed by atoms with Crippen molar-refractivity contribution in [2.24, 2.45) is 0 Å². The molecule has 7 nitrogen and oxygen atoms in total. The molecular formula is C24H31F3N6OS. The molecule has 1 aromatic carbocycles. The van der Waals surface area contributed by atoms with E-state index in [2.05, 4.69) is 20.9 Å². The van der Waals surface area contributed by atoms with Crippen molar-refractivity contribution in [2.75, 3.05) is 29.6 Å². The van der Waals surface area contributed by atoms with Crippen LogP contribution in [-0.4, -0.2) is 47.7 Å². The van der Waals surface area contributed by atoms with Gasteiger partial charge in [0.05, 0.1) is 5.69 Å². The van der Waals surface area contributed by atoms with Gasteiger partial charge in [-0.1, -0.05) is 0 Å². The smallest absolute Gasteiger partial charge is 0.362 e. The first-order valence-electron chi connectivity index (χ1n) is 11.9. The number of benzene rings is 1. The molecule has 0 atom stereocenters. The topological polar surface area (TPSA) is 82.2 Å². The highest BCUT2D eigenvalue weighted by Gasteiger charge is 2.29. The number of rotatable bonds is 6. The number of aromatic nitrogens is 2. The van der Waals surface area contributed by atoms with Crippen LogP contribution in [0.3, 0.4) is 0 Å². The van der Waals surface area contributed by atoms with Gasteiger partial charge in [-0.3, -0.25) is 0 Å². The average Bonchev–Trinajstić information content (AvgIpc) is 2.80. The van der Waals surface area contributed by atoms with Crippen molar-refractivity contribution in [1.82, 2.24) is 15.3 Å². The van der Waals surface area contributed by atoms with Gasteiger partial charge in [-0.05, 0) is 87.4 Å². The minimum absolute atomic E-state index is 0.0369. The maximum absolute atomic E-state index is 12.4. The predicted octanol–water partition coefficient (Wildman–Crippen LogP) is 5.58. The number of thioether (sulfide) groups is 1. The Hall–Kier alpha value is -2.69. The van der Waals surface area contributed by atoms with E-state index in [9.17, 15) is 18.0 Å². The summed E-state index contributed by atoms with van der Waals surface area (Å²) in [6, 6.07) is 5.54. The lowest BCUT2D eigenvalue weighted by Gasteiger charge is -2.30. The molecule has 2 aliphatic carbocycles. The number of alkyl halides is 3. The Morgan fingerprint density at radius 2 is 1.66 bits per heavy atom. The third kappa shape index (κ3) is 7.16. The maximum atomic E-state index is 12.4. The molecule has 35 heavy (non-hydrogen) atoms. The molecule has 0 unspecified atom stereocenters. The molecule has 1 aromatic heterocycles. The summed E-state index contributed by atoms with van der Waals surface area (Å²) in [5, 5.41) is 9.17. The first-order chi connectivity index (χ1) is 16.7. The van der Waals surface area contributed by atoms with Crippen LogP contribution in [0.25, 0.3) is 0 Å². The third-order valence-electron chi connectivity index (χ3n) is 6.33. The Labute approximate surface area is 207 Å². The molecular weight excluding hydrogens is 477 g/mol. The first-order valence-corrected chi connectivity index (χ1v) is 12.7. The Balaban J connectivity index is 1.25. The SMILES string of the molecule is CN(C)c1nc(NC2CCC(NC(=O)Nc3ccc(SC(F)(F)F)cc3)CC2)nc2c1CCCC2. The number of nitrogens with zero attached hydrogens (tertiary/aromatic N) is 3. The quantitative estimate of drug-likeness (QED) is 0.442. The van der Waals surface area contributed by atoms with Gasteiger partial charge in [-0.15, -0.1) is 0 Å². The van der Waals surface area contributed by atoms with Crippen LogP contribution < -0.4 is 20.9 Å². The number of carbonyl (C=O) groups excluding carboxylic acids is 1. The van der Waals surface area contributed by atoms with Crippen molar-refractivity contribution >= 4 is 35.2 Å². The van der Waals surface area contributed by atoms with Crippen molar-refractivity contribution in [3.05, 3.63) is 35.5 Å². The molecule has 0 spiro atoms. The van der Waals surface area contributed by atoms with E-state index in [4.69, 9.17) is 9.97 Å². The van der Waals surface area contributed by atoms with Gasteiger partial charge in [0.1, 0.15) is 5.82 Å². The van der Waals surface area contributed by atoms with Gasteiger partial charge in [0.15, 0.2) is 0 Å². The summed E-state index contributed by atoms with van der Waals surface area (Å²) in [6.07, 6.45) is 7.75. The summed E-state index contributed by atoms with van der Waals surface area (Å²) in [4.78, 5) is 24.1. The zero-order valence-electron chi connectivity index (χ0n) is 19.9. The highest BCUT2D eigenvalue weighted by molar-refractivity contribution is 8.00. The van der Waals surface area contributed by atoms with E-state index in [-0.39, 0.29) is 34.8 Å². The molecule has 0 saturated heterocycles. The zero-order valence-corrected chi connectivity index (χ0v) is 20.7. The molecule has 2 aromatic rings. The fourth-order valence-corrected chi connectivity index (χ4v) is 5.21. The van der Waals surface area contributed by atoms with E-state index in [1.165, 1.54) is 36.2 Å².